The number of aromatic hydroxyl groups is 1. The van der Waals surface area contributed by atoms with Crippen LogP contribution in [0.4, 0.5) is 0 Å². The molecule has 0 atom stereocenters. The summed E-state index contributed by atoms with van der Waals surface area (Å²) in [5.74, 6) is -0.789. The van der Waals surface area contributed by atoms with E-state index in [4.69, 9.17) is 15.8 Å². The highest BCUT2D eigenvalue weighted by Crippen LogP contribution is 2.18. The number of aryl methyl sites for hydroxylation is 1. The molecule has 0 saturated carbocycles. The van der Waals surface area contributed by atoms with E-state index in [0.717, 1.165) is 0 Å². The van der Waals surface area contributed by atoms with Crippen molar-refractivity contribution in [1.29, 1.82) is 0 Å². The Kier molecular flexibility index (Phi) is 2.31. The molecular formula is C5H5ClN2O4S. The van der Waals surface area contributed by atoms with Gasteiger partial charge in [0.1, 0.15) is 5.82 Å². The molecule has 2 N–H and O–H groups in total. The normalized spacial score (nSPS) is 11.5. The average molecular weight is 225 g/mol. The Morgan fingerprint density at radius 1 is 1.54 bits per heavy atom. The maximum absolute atomic E-state index is 11.0. The summed E-state index contributed by atoms with van der Waals surface area (Å²) < 4.78 is 21.5. The third kappa shape index (κ3) is 1.99. The van der Waals surface area contributed by atoms with Crippen molar-refractivity contribution in [1.82, 2.24) is 9.97 Å². The Balaban J connectivity index is 3.67. The quantitative estimate of drug-likeness (QED) is 0.639. The highest BCUT2D eigenvalue weighted by Gasteiger charge is 2.21. The van der Waals surface area contributed by atoms with Crippen molar-refractivity contribution in [2.75, 3.05) is 0 Å². The molecule has 8 heteroatoms. The summed E-state index contributed by atoms with van der Waals surface area (Å²) >= 11 is 0. The van der Waals surface area contributed by atoms with E-state index in [9.17, 15) is 13.2 Å². The van der Waals surface area contributed by atoms with Gasteiger partial charge in [-0.05, 0) is 6.92 Å². The Hall–Kier alpha value is -1.08. The van der Waals surface area contributed by atoms with Crippen LogP contribution in [0.25, 0.3) is 0 Å². The maximum atomic E-state index is 11.0. The fourth-order valence-electron chi connectivity index (χ4n) is 0.780. The average Bonchev–Trinajstić information content (AvgIpc) is 1.78. The molecule has 0 bridgehead atoms. The van der Waals surface area contributed by atoms with Crippen LogP contribution in [0.5, 0.6) is 5.88 Å². The van der Waals surface area contributed by atoms with Crippen LogP contribution in [0.1, 0.15) is 5.82 Å². The Morgan fingerprint density at radius 2 is 2.08 bits per heavy atom. The number of halogens is 1. The van der Waals surface area contributed by atoms with Gasteiger partial charge in [-0.15, -0.1) is 0 Å². The van der Waals surface area contributed by atoms with Gasteiger partial charge in [0.25, 0.3) is 14.6 Å². The topological polar surface area (TPSA) is 100 Å². The van der Waals surface area contributed by atoms with Gasteiger partial charge in [0.15, 0.2) is 0 Å². The van der Waals surface area contributed by atoms with Crippen LogP contribution >= 0.6 is 10.7 Å². The number of aromatic nitrogens is 2. The van der Waals surface area contributed by atoms with Crippen LogP contribution < -0.4 is 5.56 Å². The predicted octanol–water partition coefficient (Wildman–Crippen LogP) is -0.289. The highest BCUT2D eigenvalue weighted by molar-refractivity contribution is 8.13. The lowest BCUT2D eigenvalue weighted by molar-refractivity contribution is 0.431. The number of aromatic amines is 1. The first-order valence-corrected chi connectivity index (χ1v) is 5.38. The van der Waals surface area contributed by atoms with Crippen molar-refractivity contribution in [2.45, 2.75) is 11.8 Å². The molecular weight excluding hydrogens is 220 g/mol. The monoisotopic (exact) mass is 224 g/mol. The smallest absolute Gasteiger partial charge is 0.275 e. The zero-order valence-electron chi connectivity index (χ0n) is 6.41. The fraction of sp³-hybridized carbons (Fsp3) is 0.200. The van der Waals surface area contributed by atoms with E-state index >= 15 is 0 Å². The molecule has 0 aliphatic rings. The molecule has 0 aliphatic heterocycles. The molecule has 6 nitrogen and oxygen atoms in total. The van der Waals surface area contributed by atoms with E-state index in [1.165, 1.54) is 6.92 Å². The van der Waals surface area contributed by atoms with Gasteiger partial charge in [-0.25, -0.2) is 8.42 Å². The van der Waals surface area contributed by atoms with Gasteiger partial charge >= 0.3 is 0 Å². The van der Waals surface area contributed by atoms with E-state index in [1.54, 1.807) is 0 Å². The van der Waals surface area contributed by atoms with Crippen LogP contribution in [0.15, 0.2) is 9.69 Å². The number of hydrogen-bond acceptors (Lipinski definition) is 5. The van der Waals surface area contributed by atoms with E-state index in [2.05, 4.69) is 9.97 Å². The van der Waals surface area contributed by atoms with Gasteiger partial charge in [-0.3, -0.25) is 4.79 Å². The zero-order valence-corrected chi connectivity index (χ0v) is 7.98. The molecule has 0 spiro atoms. The van der Waals surface area contributed by atoms with Crippen molar-refractivity contribution < 1.29 is 13.5 Å². The summed E-state index contributed by atoms with van der Waals surface area (Å²) in [4.78, 5) is 15.5. The molecule has 1 rings (SSSR count). The second-order valence-corrected chi connectivity index (χ2v) is 4.74. The SMILES string of the molecule is Cc1nc(O)c(S(=O)(=O)Cl)c(=O)[nH]1. The molecule has 1 heterocycles. The van der Waals surface area contributed by atoms with E-state index in [1.807, 2.05) is 0 Å². The van der Waals surface area contributed by atoms with Gasteiger partial charge in [0, 0.05) is 10.7 Å². The zero-order chi connectivity index (χ0) is 10.2. The molecule has 0 saturated heterocycles. The number of nitrogens with one attached hydrogen (secondary N) is 1. The molecule has 1 aromatic rings. The van der Waals surface area contributed by atoms with Crippen molar-refractivity contribution in [2.24, 2.45) is 0 Å². The predicted molar refractivity (Wildman–Crippen MR) is 44.3 cm³/mol. The van der Waals surface area contributed by atoms with E-state index in [-0.39, 0.29) is 5.82 Å². The van der Waals surface area contributed by atoms with Crippen LogP contribution in [0.2, 0.25) is 0 Å². The lowest BCUT2D eigenvalue weighted by Gasteiger charge is -1.98. The van der Waals surface area contributed by atoms with E-state index in [0.29, 0.717) is 0 Å². The minimum absolute atomic E-state index is 0.103. The summed E-state index contributed by atoms with van der Waals surface area (Å²) in [6, 6.07) is 0. The van der Waals surface area contributed by atoms with E-state index < -0.39 is 25.4 Å². The van der Waals surface area contributed by atoms with Crippen LogP contribution in [0.3, 0.4) is 0 Å². The number of nitrogens with zero attached hydrogens (tertiary/aromatic N) is 1. The highest BCUT2D eigenvalue weighted by atomic mass is 35.7. The lowest BCUT2D eigenvalue weighted by atomic mass is 10.5. The van der Waals surface area contributed by atoms with Gasteiger partial charge in [0.05, 0.1) is 0 Å². The molecule has 0 aliphatic carbocycles. The number of H-pyrrole nitrogens is 1. The largest absolute Gasteiger partial charge is 0.492 e. The minimum Gasteiger partial charge on any atom is -0.492 e. The molecule has 0 radical (unpaired) electrons. The molecule has 0 amide bonds. The van der Waals surface area contributed by atoms with Gasteiger partial charge in [-0.2, -0.15) is 4.98 Å². The molecule has 0 fully saturated rings. The summed E-state index contributed by atoms with van der Waals surface area (Å²) in [5.41, 5.74) is -0.986. The van der Waals surface area contributed by atoms with Crippen LogP contribution in [-0.4, -0.2) is 23.5 Å². The van der Waals surface area contributed by atoms with Crippen LogP contribution in [0, 0.1) is 6.92 Å². The van der Waals surface area contributed by atoms with Gasteiger partial charge < -0.3 is 10.1 Å². The van der Waals surface area contributed by atoms with Gasteiger partial charge in [0.2, 0.25) is 10.8 Å². The minimum atomic E-state index is -4.26. The molecule has 13 heavy (non-hydrogen) atoms. The van der Waals surface area contributed by atoms with Crippen molar-refractivity contribution in [3.8, 4) is 5.88 Å². The lowest BCUT2D eigenvalue weighted by Crippen LogP contribution is -2.16. The first-order valence-electron chi connectivity index (χ1n) is 3.07. The van der Waals surface area contributed by atoms with Crippen molar-refractivity contribution >= 4 is 19.7 Å². The first-order chi connectivity index (χ1) is 5.82. The second kappa shape index (κ2) is 3.00. The van der Waals surface area contributed by atoms with Crippen molar-refractivity contribution in [3.05, 3.63) is 16.2 Å². The van der Waals surface area contributed by atoms with Crippen molar-refractivity contribution in [3.63, 3.8) is 0 Å². The number of hydrogen-bond donors (Lipinski definition) is 2. The molecule has 0 aromatic carbocycles. The Bertz CT molecular complexity index is 492. The summed E-state index contributed by atoms with van der Waals surface area (Å²) in [7, 11) is 0.609. The Labute approximate surface area is 77.6 Å². The Morgan fingerprint density at radius 3 is 2.46 bits per heavy atom. The summed E-state index contributed by atoms with van der Waals surface area (Å²) in [5, 5.41) is 9.01. The summed E-state index contributed by atoms with van der Waals surface area (Å²) in [6.45, 7) is 1.39. The first kappa shape index (κ1) is 10.0. The third-order valence-electron chi connectivity index (χ3n) is 1.22. The fourth-order valence-corrected chi connectivity index (χ4v) is 1.73. The maximum Gasteiger partial charge on any atom is 0.275 e. The number of rotatable bonds is 1. The second-order valence-electron chi connectivity index (χ2n) is 2.24. The van der Waals surface area contributed by atoms with Gasteiger partial charge in [-0.1, -0.05) is 0 Å². The molecule has 72 valence electrons. The standard InChI is InChI=1S/C5H5ClN2O4S/c1-2-7-4(9)3(5(10)8-2)13(6,11)12/h1H3,(H2,7,8,9,10). The summed E-state index contributed by atoms with van der Waals surface area (Å²) in [6.07, 6.45) is 0. The molecule has 1 aromatic heterocycles. The third-order valence-corrected chi connectivity index (χ3v) is 2.54. The molecule has 0 unspecified atom stereocenters. The van der Waals surface area contributed by atoms with Crippen LogP contribution in [-0.2, 0) is 9.05 Å².